The zero-order chi connectivity index (χ0) is 13.7. The van der Waals surface area contributed by atoms with Crippen LogP contribution in [0.4, 0.5) is 0 Å². The first-order valence-electron chi connectivity index (χ1n) is 6.08. The largest absolute Gasteiger partial charge is 0.494 e. The molecule has 100 valence electrons. The Morgan fingerprint density at radius 3 is 2.68 bits per heavy atom. The van der Waals surface area contributed by atoms with E-state index in [1.54, 1.807) is 0 Å². The van der Waals surface area contributed by atoms with Gasteiger partial charge in [0.2, 0.25) is 0 Å². The molecule has 2 rings (SSSR count). The molecule has 0 aliphatic heterocycles. The number of carbonyl (C=O) groups excluding carboxylic acids is 1. The zero-order valence-electron chi connectivity index (χ0n) is 11.0. The van der Waals surface area contributed by atoms with Crippen LogP contribution in [0.15, 0.2) is 40.8 Å². The van der Waals surface area contributed by atoms with Crippen molar-refractivity contribution in [3.05, 3.63) is 46.2 Å². The standard InChI is InChI=1S/C14H16N2O2S/c1-3-18-12-6-4-11(5-7-12)10-13(17)15-14-16(2)8-9-19-14/h4-9H,3,10H2,1-2H3. The molecule has 0 aliphatic rings. The molecule has 1 aromatic heterocycles. The number of nitrogens with zero attached hydrogens (tertiary/aromatic N) is 2. The Hall–Kier alpha value is -1.88. The number of hydrogen-bond donors (Lipinski definition) is 0. The summed E-state index contributed by atoms with van der Waals surface area (Å²) >= 11 is 1.45. The second kappa shape index (κ2) is 6.33. The second-order valence-electron chi connectivity index (χ2n) is 4.06. The smallest absolute Gasteiger partial charge is 0.252 e. The lowest BCUT2D eigenvalue weighted by molar-refractivity contribution is -0.117. The van der Waals surface area contributed by atoms with E-state index in [9.17, 15) is 4.79 Å². The average molecular weight is 276 g/mol. The predicted octanol–water partition coefficient (Wildman–Crippen LogP) is 2.16. The fraction of sp³-hybridized carbons (Fsp3) is 0.286. The number of hydrogen-bond acceptors (Lipinski definition) is 3. The fourth-order valence-corrected chi connectivity index (χ4v) is 2.37. The Balaban J connectivity index is 2.05. The third-order valence-corrected chi connectivity index (χ3v) is 3.42. The summed E-state index contributed by atoms with van der Waals surface area (Å²) in [6, 6.07) is 7.54. The van der Waals surface area contributed by atoms with E-state index in [2.05, 4.69) is 4.99 Å². The molecule has 2 aromatic rings. The maximum absolute atomic E-state index is 11.8. The van der Waals surface area contributed by atoms with Gasteiger partial charge in [0, 0.05) is 18.6 Å². The molecule has 19 heavy (non-hydrogen) atoms. The molecule has 4 nitrogen and oxygen atoms in total. The number of ether oxygens (including phenoxy) is 1. The molecule has 0 spiro atoms. The van der Waals surface area contributed by atoms with Gasteiger partial charge in [-0.05, 0) is 24.6 Å². The maximum atomic E-state index is 11.8. The number of thiazole rings is 1. The number of benzene rings is 1. The summed E-state index contributed by atoms with van der Waals surface area (Å²) in [4.78, 5) is 16.6. The molecule has 1 heterocycles. The van der Waals surface area contributed by atoms with Crippen LogP contribution in [0.1, 0.15) is 12.5 Å². The van der Waals surface area contributed by atoms with Crippen molar-refractivity contribution in [3.8, 4) is 5.75 Å². The zero-order valence-corrected chi connectivity index (χ0v) is 11.8. The van der Waals surface area contributed by atoms with Gasteiger partial charge in [-0.1, -0.05) is 12.1 Å². The first-order valence-corrected chi connectivity index (χ1v) is 6.96. The Morgan fingerprint density at radius 1 is 1.37 bits per heavy atom. The van der Waals surface area contributed by atoms with Crippen molar-refractivity contribution >= 4 is 17.2 Å². The van der Waals surface area contributed by atoms with Crippen molar-refractivity contribution in [2.75, 3.05) is 6.61 Å². The molecule has 0 aliphatic carbocycles. The van der Waals surface area contributed by atoms with Gasteiger partial charge >= 0.3 is 0 Å². The van der Waals surface area contributed by atoms with Gasteiger partial charge in [0.1, 0.15) is 5.75 Å². The van der Waals surface area contributed by atoms with Crippen molar-refractivity contribution in [1.29, 1.82) is 0 Å². The first-order chi connectivity index (χ1) is 9.19. The topological polar surface area (TPSA) is 43.6 Å². The average Bonchev–Trinajstić information content (AvgIpc) is 2.78. The van der Waals surface area contributed by atoms with Crippen molar-refractivity contribution in [2.24, 2.45) is 12.0 Å². The van der Waals surface area contributed by atoms with E-state index in [1.807, 2.05) is 54.4 Å². The molecule has 0 N–H and O–H groups in total. The van der Waals surface area contributed by atoms with Gasteiger partial charge in [0.25, 0.3) is 5.91 Å². The maximum Gasteiger partial charge on any atom is 0.252 e. The highest BCUT2D eigenvalue weighted by Gasteiger charge is 2.03. The number of rotatable bonds is 4. The molecule has 0 saturated heterocycles. The van der Waals surface area contributed by atoms with E-state index < -0.39 is 0 Å². The van der Waals surface area contributed by atoms with Crippen LogP contribution in [-0.2, 0) is 18.3 Å². The lowest BCUT2D eigenvalue weighted by atomic mass is 10.1. The van der Waals surface area contributed by atoms with E-state index in [0.29, 0.717) is 13.0 Å². The number of amides is 1. The van der Waals surface area contributed by atoms with Crippen LogP contribution in [0.2, 0.25) is 0 Å². The van der Waals surface area contributed by atoms with Crippen LogP contribution in [0, 0.1) is 0 Å². The van der Waals surface area contributed by atoms with E-state index in [0.717, 1.165) is 16.1 Å². The third-order valence-electron chi connectivity index (χ3n) is 2.57. The summed E-state index contributed by atoms with van der Waals surface area (Å²) < 4.78 is 7.19. The van der Waals surface area contributed by atoms with Gasteiger partial charge in [0.05, 0.1) is 13.0 Å². The van der Waals surface area contributed by atoms with Crippen LogP contribution in [0.3, 0.4) is 0 Å². The molecule has 0 atom stereocenters. The Morgan fingerprint density at radius 2 is 2.11 bits per heavy atom. The second-order valence-corrected chi connectivity index (χ2v) is 4.93. The minimum Gasteiger partial charge on any atom is -0.494 e. The minimum absolute atomic E-state index is 0.137. The van der Waals surface area contributed by atoms with Crippen LogP contribution < -0.4 is 9.54 Å². The highest BCUT2D eigenvalue weighted by Crippen LogP contribution is 2.12. The molecular formula is C14H16N2O2S. The van der Waals surface area contributed by atoms with E-state index in [-0.39, 0.29) is 5.91 Å². The van der Waals surface area contributed by atoms with E-state index in [4.69, 9.17) is 4.74 Å². The molecule has 0 radical (unpaired) electrons. The van der Waals surface area contributed by atoms with Crippen molar-refractivity contribution < 1.29 is 9.53 Å². The minimum atomic E-state index is -0.137. The van der Waals surface area contributed by atoms with Crippen molar-refractivity contribution in [3.63, 3.8) is 0 Å². The van der Waals surface area contributed by atoms with Crippen LogP contribution >= 0.6 is 11.3 Å². The van der Waals surface area contributed by atoms with Crippen LogP contribution in [0.5, 0.6) is 5.75 Å². The van der Waals surface area contributed by atoms with Gasteiger partial charge in [0.15, 0.2) is 4.80 Å². The summed E-state index contributed by atoms with van der Waals surface area (Å²) in [5.41, 5.74) is 0.941. The summed E-state index contributed by atoms with van der Waals surface area (Å²) in [7, 11) is 1.87. The van der Waals surface area contributed by atoms with Gasteiger partial charge in [-0.25, -0.2) is 0 Å². The lowest BCUT2D eigenvalue weighted by Crippen LogP contribution is -2.13. The fourth-order valence-electron chi connectivity index (χ4n) is 1.63. The molecular weight excluding hydrogens is 260 g/mol. The number of carbonyl (C=O) groups is 1. The highest BCUT2D eigenvalue weighted by atomic mass is 32.1. The molecule has 0 bridgehead atoms. The van der Waals surface area contributed by atoms with E-state index in [1.165, 1.54) is 11.3 Å². The van der Waals surface area contributed by atoms with Gasteiger partial charge < -0.3 is 9.30 Å². The summed E-state index contributed by atoms with van der Waals surface area (Å²) in [6.45, 7) is 2.58. The van der Waals surface area contributed by atoms with Crippen molar-refractivity contribution in [1.82, 2.24) is 4.57 Å². The van der Waals surface area contributed by atoms with Crippen molar-refractivity contribution in [2.45, 2.75) is 13.3 Å². The molecule has 0 saturated carbocycles. The molecule has 0 unspecified atom stereocenters. The monoisotopic (exact) mass is 276 g/mol. The van der Waals surface area contributed by atoms with Gasteiger partial charge in [-0.3, -0.25) is 4.79 Å². The van der Waals surface area contributed by atoms with Crippen LogP contribution in [0.25, 0.3) is 0 Å². The third kappa shape index (κ3) is 3.79. The summed E-state index contributed by atoms with van der Waals surface area (Å²) in [5, 5.41) is 1.91. The quantitative estimate of drug-likeness (QED) is 0.859. The Bertz CT molecular complexity index is 611. The van der Waals surface area contributed by atoms with E-state index >= 15 is 0 Å². The van der Waals surface area contributed by atoms with Gasteiger partial charge in [-0.2, -0.15) is 4.99 Å². The normalized spacial score (nSPS) is 11.6. The number of aryl methyl sites for hydroxylation is 1. The molecule has 1 amide bonds. The highest BCUT2D eigenvalue weighted by molar-refractivity contribution is 7.07. The summed E-state index contributed by atoms with van der Waals surface area (Å²) in [5.74, 6) is 0.683. The molecule has 5 heteroatoms. The van der Waals surface area contributed by atoms with Crippen LogP contribution in [-0.4, -0.2) is 17.1 Å². The molecule has 1 aromatic carbocycles. The predicted molar refractivity (Wildman–Crippen MR) is 75.2 cm³/mol. The first kappa shape index (κ1) is 13.5. The Kier molecular flexibility index (Phi) is 4.52. The van der Waals surface area contributed by atoms with Gasteiger partial charge in [-0.15, -0.1) is 11.3 Å². The lowest BCUT2D eigenvalue weighted by Gasteiger charge is -2.03. The molecule has 0 fully saturated rings. The Labute approximate surface area is 116 Å². The number of aromatic nitrogens is 1. The summed E-state index contributed by atoms with van der Waals surface area (Å²) in [6.07, 6.45) is 2.19. The SMILES string of the molecule is CCOc1ccc(CC(=O)N=c2sccn2C)cc1.